The molecule has 1 aliphatic carbocycles. The summed E-state index contributed by atoms with van der Waals surface area (Å²) in [6.07, 6.45) is 2.01. The van der Waals surface area contributed by atoms with E-state index >= 15 is 0 Å². The maximum Gasteiger partial charge on any atom is 0.308 e. The van der Waals surface area contributed by atoms with Gasteiger partial charge < -0.3 is 15.7 Å². The van der Waals surface area contributed by atoms with Crippen LogP contribution in [0.1, 0.15) is 35.9 Å². The molecule has 0 aromatic carbocycles. The van der Waals surface area contributed by atoms with E-state index in [0.717, 1.165) is 10.2 Å². The van der Waals surface area contributed by atoms with E-state index in [1.165, 1.54) is 11.3 Å². The number of rotatable bonds is 5. The van der Waals surface area contributed by atoms with E-state index in [4.69, 9.17) is 5.11 Å². The zero-order chi connectivity index (χ0) is 16.3. The molecule has 3 atom stereocenters. The number of nitrogens with one attached hydrogen (secondary N) is 2. The minimum atomic E-state index is -0.886. The lowest BCUT2D eigenvalue weighted by atomic mass is 10.0. The fraction of sp³-hybridized carbons (Fsp3) is 0.500. The number of thiophene rings is 1. The second-order valence-electron chi connectivity index (χ2n) is 5.29. The highest BCUT2D eigenvalue weighted by Gasteiger charge is 2.34. The summed E-state index contributed by atoms with van der Waals surface area (Å²) >= 11 is 4.56. The van der Waals surface area contributed by atoms with E-state index in [1.807, 2.05) is 0 Å². The van der Waals surface area contributed by atoms with Gasteiger partial charge in [-0.15, -0.1) is 11.3 Å². The van der Waals surface area contributed by atoms with E-state index in [0.29, 0.717) is 17.7 Å². The average molecular weight is 389 g/mol. The molecule has 6 nitrogen and oxygen atoms in total. The number of carbonyl (C=O) groups excluding carboxylic acids is 2. The number of aliphatic carboxylic acids is 1. The molecule has 1 aliphatic rings. The SMILES string of the molecule is CC(NC(=O)c1ccc(Br)s1)C(=O)N[C@@H]1CCC[C@@H]1C(=O)O. The Balaban J connectivity index is 1.89. The Morgan fingerprint density at radius 1 is 1.36 bits per heavy atom. The number of carbonyl (C=O) groups is 3. The molecule has 22 heavy (non-hydrogen) atoms. The lowest BCUT2D eigenvalue weighted by molar-refractivity contribution is -0.142. The van der Waals surface area contributed by atoms with E-state index in [9.17, 15) is 14.4 Å². The van der Waals surface area contributed by atoms with Gasteiger partial charge in [-0.25, -0.2) is 0 Å². The van der Waals surface area contributed by atoms with Crippen molar-refractivity contribution in [1.29, 1.82) is 0 Å². The van der Waals surface area contributed by atoms with Crippen LogP contribution < -0.4 is 10.6 Å². The molecule has 2 amide bonds. The molecular formula is C14H17BrN2O4S. The van der Waals surface area contributed by atoms with Crippen LogP contribution in [-0.2, 0) is 9.59 Å². The van der Waals surface area contributed by atoms with Crippen molar-refractivity contribution in [3.63, 3.8) is 0 Å². The maximum atomic E-state index is 12.1. The Kier molecular flexibility index (Phi) is 5.57. The summed E-state index contributed by atoms with van der Waals surface area (Å²) in [5.74, 6) is -2.11. The first kappa shape index (κ1) is 17.0. The molecule has 1 saturated carbocycles. The third kappa shape index (κ3) is 4.07. The van der Waals surface area contributed by atoms with E-state index < -0.39 is 17.9 Å². The molecule has 1 fully saturated rings. The molecule has 0 saturated heterocycles. The number of amides is 2. The van der Waals surface area contributed by atoms with Crippen LogP contribution in [0.2, 0.25) is 0 Å². The van der Waals surface area contributed by atoms with Gasteiger partial charge in [0.15, 0.2) is 0 Å². The highest BCUT2D eigenvalue weighted by molar-refractivity contribution is 9.11. The number of carboxylic acids is 1. The summed E-state index contributed by atoms with van der Waals surface area (Å²) in [7, 11) is 0. The Morgan fingerprint density at radius 2 is 2.09 bits per heavy atom. The van der Waals surface area contributed by atoms with Gasteiger partial charge in [-0.05, 0) is 47.8 Å². The van der Waals surface area contributed by atoms with Gasteiger partial charge in [-0.3, -0.25) is 14.4 Å². The zero-order valence-corrected chi connectivity index (χ0v) is 14.4. The first-order valence-corrected chi connectivity index (χ1v) is 8.59. The minimum Gasteiger partial charge on any atom is -0.481 e. The summed E-state index contributed by atoms with van der Waals surface area (Å²) in [5, 5.41) is 14.5. The van der Waals surface area contributed by atoms with Crippen molar-refractivity contribution >= 4 is 45.1 Å². The van der Waals surface area contributed by atoms with Crippen LogP contribution in [0.15, 0.2) is 15.9 Å². The Labute approximate surface area is 140 Å². The molecule has 0 radical (unpaired) electrons. The number of carboxylic acid groups (broad SMARTS) is 1. The molecule has 0 bridgehead atoms. The van der Waals surface area contributed by atoms with E-state index in [-0.39, 0.29) is 17.9 Å². The average Bonchev–Trinajstić information content (AvgIpc) is 3.07. The maximum absolute atomic E-state index is 12.1. The standard InChI is InChI=1S/C14H17BrN2O4S/c1-7(16-13(19)10-5-6-11(15)22-10)12(18)17-9-4-2-3-8(9)14(20)21/h5-9H,2-4H2,1H3,(H,16,19)(H,17,18)(H,20,21)/t7?,8-,9+/m0/s1. The summed E-state index contributed by atoms with van der Waals surface area (Å²) in [6, 6.07) is 2.36. The molecule has 1 aromatic rings. The highest BCUT2D eigenvalue weighted by Crippen LogP contribution is 2.26. The summed E-state index contributed by atoms with van der Waals surface area (Å²) in [4.78, 5) is 35.7. The van der Waals surface area contributed by atoms with Crippen LogP contribution in [0.5, 0.6) is 0 Å². The summed E-state index contributed by atoms with van der Waals surface area (Å²) in [6.45, 7) is 1.58. The van der Waals surface area contributed by atoms with Crippen LogP contribution in [-0.4, -0.2) is 35.0 Å². The van der Waals surface area contributed by atoms with Crippen molar-refractivity contribution < 1.29 is 19.5 Å². The fourth-order valence-electron chi connectivity index (χ4n) is 2.51. The first-order valence-electron chi connectivity index (χ1n) is 6.98. The Bertz CT molecular complexity index is 589. The molecular weight excluding hydrogens is 372 g/mol. The normalized spacial score (nSPS) is 22.1. The van der Waals surface area contributed by atoms with Gasteiger partial charge in [0, 0.05) is 6.04 Å². The van der Waals surface area contributed by atoms with Gasteiger partial charge in [0.25, 0.3) is 5.91 Å². The second-order valence-corrected chi connectivity index (χ2v) is 7.75. The molecule has 120 valence electrons. The minimum absolute atomic E-state index is 0.320. The van der Waals surface area contributed by atoms with Crippen LogP contribution >= 0.6 is 27.3 Å². The highest BCUT2D eigenvalue weighted by atomic mass is 79.9. The van der Waals surface area contributed by atoms with Gasteiger partial charge in [0.05, 0.1) is 14.6 Å². The van der Waals surface area contributed by atoms with E-state index in [2.05, 4.69) is 26.6 Å². The van der Waals surface area contributed by atoms with Crippen LogP contribution in [0.25, 0.3) is 0 Å². The molecule has 8 heteroatoms. The Hall–Kier alpha value is -1.41. The monoisotopic (exact) mass is 388 g/mol. The molecule has 0 spiro atoms. The number of hydrogen-bond acceptors (Lipinski definition) is 4. The second kappa shape index (κ2) is 7.23. The van der Waals surface area contributed by atoms with Crippen molar-refractivity contribution in [1.82, 2.24) is 10.6 Å². The molecule has 1 unspecified atom stereocenters. The largest absolute Gasteiger partial charge is 0.481 e. The van der Waals surface area contributed by atoms with Gasteiger partial charge in [-0.2, -0.15) is 0 Å². The first-order chi connectivity index (χ1) is 10.4. The van der Waals surface area contributed by atoms with Crippen molar-refractivity contribution in [2.45, 2.75) is 38.3 Å². The molecule has 2 rings (SSSR count). The van der Waals surface area contributed by atoms with Crippen molar-refractivity contribution in [3.8, 4) is 0 Å². The number of hydrogen-bond donors (Lipinski definition) is 3. The van der Waals surface area contributed by atoms with Gasteiger partial charge >= 0.3 is 5.97 Å². The topological polar surface area (TPSA) is 95.5 Å². The lowest BCUT2D eigenvalue weighted by Crippen LogP contribution is -2.49. The molecule has 3 N–H and O–H groups in total. The Morgan fingerprint density at radius 3 is 2.68 bits per heavy atom. The lowest BCUT2D eigenvalue weighted by Gasteiger charge is -2.20. The molecule has 1 aromatic heterocycles. The van der Waals surface area contributed by atoms with Gasteiger partial charge in [0.1, 0.15) is 6.04 Å². The van der Waals surface area contributed by atoms with Gasteiger partial charge in [-0.1, -0.05) is 6.42 Å². The number of halogens is 1. The predicted octanol–water partition coefficient (Wildman–Crippen LogP) is 2.00. The van der Waals surface area contributed by atoms with Crippen LogP contribution in [0.3, 0.4) is 0 Å². The van der Waals surface area contributed by atoms with Crippen LogP contribution in [0, 0.1) is 5.92 Å². The third-order valence-corrected chi connectivity index (χ3v) is 5.32. The van der Waals surface area contributed by atoms with Crippen molar-refractivity contribution in [2.75, 3.05) is 0 Å². The summed E-state index contributed by atoms with van der Waals surface area (Å²) < 4.78 is 0.838. The summed E-state index contributed by atoms with van der Waals surface area (Å²) in [5.41, 5.74) is 0. The van der Waals surface area contributed by atoms with Crippen molar-refractivity contribution in [2.24, 2.45) is 5.92 Å². The zero-order valence-electron chi connectivity index (χ0n) is 12.0. The van der Waals surface area contributed by atoms with Crippen LogP contribution in [0.4, 0.5) is 0 Å². The fourth-order valence-corrected chi connectivity index (χ4v) is 3.79. The molecule has 1 heterocycles. The van der Waals surface area contributed by atoms with Crippen molar-refractivity contribution in [3.05, 3.63) is 20.8 Å². The van der Waals surface area contributed by atoms with E-state index in [1.54, 1.807) is 19.1 Å². The predicted molar refractivity (Wildman–Crippen MR) is 85.9 cm³/mol. The quantitative estimate of drug-likeness (QED) is 0.718. The van der Waals surface area contributed by atoms with Gasteiger partial charge in [0.2, 0.25) is 5.91 Å². The smallest absolute Gasteiger partial charge is 0.308 e. The molecule has 0 aliphatic heterocycles. The third-order valence-electron chi connectivity index (χ3n) is 3.70.